The van der Waals surface area contributed by atoms with Crippen LogP contribution in [-0.2, 0) is 14.4 Å². The van der Waals surface area contributed by atoms with E-state index in [0.29, 0.717) is 0 Å². The van der Waals surface area contributed by atoms with Crippen LogP contribution in [0.15, 0.2) is 0 Å². The molecule has 210 valence electrons. The molecular weight excluding hydrogens is 505 g/mol. The molecule has 0 saturated heterocycles. The van der Waals surface area contributed by atoms with Crippen molar-refractivity contribution in [2.24, 2.45) is 17.8 Å². The van der Waals surface area contributed by atoms with E-state index >= 15 is 0 Å². The maximum absolute atomic E-state index is 11.1. The summed E-state index contributed by atoms with van der Waals surface area (Å²) in [5.41, 5.74) is 0. The second-order valence-electron chi connectivity index (χ2n) is 10.8. The van der Waals surface area contributed by atoms with E-state index in [2.05, 4.69) is 0 Å². The van der Waals surface area contributed by atoms with Crippen molar-refractivity contribution in [3.63, 3.8) is 0 Å². The first-order valence-corrected chi connectivity index (χ1v) is 17.7. The largest absolute Gasteiger partial charge is 0.288 e. The van der Waals surface area contributed by atoms with Crippen LogP contribution in [0.2, 0.25) is 0 Å². The van der Waals surface area contributed by atoms with E-state index in [-0.39, 0.29) is 15.3 Å². The van der Waals surface area contributed by atoms with Crippen molar-refractivity contribution in [2.45, 2.75) is 136 Å². The first-order chi connectivity index (χ1) is 17.4. The molecule has 0 aromatic carbocycles. The zero-order valence-electron chi connectivity index (χ0n) is 23.5. The van der Waals surface area contributed by atoms with Gasteiger partial charge in [-0.2, -0.15) is 0 Å². The number of hydrogen-bond acceptors (Lipinski definition) is 6. The van der Waals surface area contributed by atoms with Gasteiger partial charge in [0.05, 0.1) is 0 Å². The van der Waals surface area contributed by atoms with Gasteiger partial charge < -0.3 is 0 Å². The zero-order chi connectivity index (χ0) is 26.4. The van der Waals surface area contributed by atoms with Gasteiger partial charge in [-0.25, -0.2) is 0 Å². The van der Waals surface area contributed by atoms with Crippen molar-refractivity contribution in [1.82, 2.24) is 0 Å². The van der Waals surface area contributed by atoms with Gasteiger partial charge in [-0.15, -0.1) is 0 Å². The van der Waals surface area contributed by atoms with Crippen LogP contribution >= 0.6 is 35.3 Å². The highest BCUT2D eigenvalue weighted by Crippen LogP contribution is 2.41. The lowest BCUT2D eigenvalue weighted by Gasteiger charge is -2.37. The monoisotopic (exact) mass is 558 g/mol. The Balaban J connectivity index is 2.31. The number of rotatable bonds is 21. The lowest BCUT2D eigenvalue weighted by Crippen LogP contribution is -2.25. The molecule has 1 aliphatic carbocycles. The summed E-state index contributed by atoms with van der Waals surface area (Å²) in [6.45, 7) is 5.01. The fourth-order valence-electron chi connectivity index (χ4n) is 5.68. The van der Waals surface area contributed by atoms with Crippen molar-refractivity contribution in [2.75, 3.05) is 17.3 Å². The maximum atomic E-state index is 11.1. The van der Waals surface area contributed by atoms with Crippen LogP contribution in [0.4, 0.5) is 0 Å². The topological polar surface area (TPSA) is 51.2 Å². The minimum Gasteiger partial charge on any atom is -0.288 e. The molecule has 0 aliphatic heterocycles. The van der Waals surface area contributed by atoms with E-state index in [1.54, 1.807) is 20.8 Å². The fraction of sp³-hybridized carbons (Fsp3) is 0.900. The second kappa shape index (κ2) is 23.0. The Morgan fingerprint density at radius 1 is 0.500 bits per heavy atom. The zero-order valence-corrected chi connectivity index (χ0v) is 26.0. The van der Waals surface area contributed by atoms with Gasteiger partial charge in [0.2, 0.25) is 0 Å². The van der Waals surface area contributed by atoms with Crippen molar-refractivity contribution in [3.05, 3.63) is 0 Å². The Labute approximate surface area is 235 Å². The molecule has 0 spiro atoms. The van der Waals surface area contributed by atoms with Crippen LogP contribution in [0.3, 0.4) is 0 Å². The second-order valence-corrected chi connectivity index (χ2v) is 14.6. The minimum atomic E-state index is 0.249. The van der Waals surface area contributed by atoms with E-state index in [1.807, 2.05) is 0 Å². The summed E-state index contributed by atoms with van der Waals surface area (Å²) in [7, 11) is 0. The van der Waals surface area contributed by atoms with Crippen LogP contribution in [-0.4, -0.2) is 32.6 Å². The average Bonchev–Trinajstić information content (AvgIpc) is 2.82. The van der Waals surface area contributed by atoms with E-state index in [4.69, 9.17) is 0 Å². The van der Waals surface area contributed by atoms with E-state index < -0.39 is 0 Å². The Morgan fingerprint density at radius 2 is 0.889 bits per heavy atom. The molecule has 6 heteroatoms. The summed E-state index contributed by atoms with van der Waals surface area (Å²) >= 11 is 4.43. The van der Waals surface area contributed by atoms with Crippen LogP contribution in [0.5, 0.6) is 0 Å². The summed E-state index contributed by atoms with van der Waals surface area (Å²) in [6, 6.07) is 0. The molecule has 0 N–H and O–H groups in total. The molecule has 1 fully saturated rings. The summed E-state index contributed by atoms with van der Waals surface area (Å²) in [4.78, 5) is 33.2. The highest BCUT2D eigenvalue weighted by atomic mass is 32.2. The molecule has 1 saturated carbocycles. The van der Waals surface area contributed by atoms with E-state index in [0.717, 1.165) is 35.0 Å². The average molecular weight is 559 g/mol. The molecule has 1 aliphatic rings. The van der Waals surface area contributed by atoms with Gasteiger partial charge in [0.1, 0.15) is 0 Å². The lowest BCUT2D eigenvalue weighted by atomic mass is 9.69. The third-order valence-electron chi connectivity index (χ3n) is 7.61. The standard InChI is InChI=1S/C30H54O3S3/c1-25(31)34-21-13-7-4-10-16-28-19-20-29(17-11-5-8-14-22-35-26(2)32)30(24-28)18-12-6-9-15-23-36-27(3)33/h28-30H,4-24H2,1-3H3. The Hall–Kier alpha value is 0.0600. The molecule has 1 rings (SSSR count). The van der Waals surface area contributed by atoms with Gasteiger partial charge in [0.15, 0.2) is 15.3 Å². The molecule has 0 aromatic rings. The van der Waals surface area contributed by atoms with Crippen LogP contribution in [0, 0.1) is 17.8 Å². The van der Waals surface area contributed by atoms with E-state index in [1.165, 1.54) is 151 Å². The molecule has 0 amide bonds. The summed E-state index contributed by atoms with van der Waals surface area (Å²) in [6.07, 6.45) is 23.9. The van der Waals surface area contributed by atoms with Gasteiger partial charge in [0, 0.05) is 38.0 Å². The highest BCUT2D eigenvalue weighted by molar-refractivity contribution is 8.14. The Bertz CT molecular complexity index is 596. The number of thioether (sulfide) groups is 3. The maximum Gasteiger partial charge on any atom is 0.185 e. The van der Waals surface area contributed by atoms with Gasteiger partial charge in [0.25, 0.3) is 0 Å². The van der Waals surface area contributed by atoms with Crippen LogP contribution < -0.4 is 0 Å². The van der Waals surface area contributed by atoms with Gasteiger partial charge >= 0.3 is 0 Å². The quantitative estimate of drug-likeness (QED) is 0.131. The molecule has 3 unspecified atom stereocenters. The Kier molecular flexibility index (Phi) is 21.8. The van der Waals surface area contributed by atoms with Crippen molar-refractivity contribution in [3.8, 4) is 0 Å². The first-order valence-electron chi connectivity index (χ1n) is 14.8. The molecule has 0 aromatic heterocycles. The third kappa shape index (κ3) is 20.1. The van der Waals surface area contributed by atoms with Crippen LogP contribution in [0.25, 0.3) is 0 Å². The summed E-state index contributed by atoms with van der Waals surface area (Å²) < 4.78 is 0. The first kappa shape index (κ1) is 34.1. The van der Waals surface area contributed by atoms with Crippen molar-refractivity contribution >= 4 is 50.6 Å². The molecular formula is C30H54O3S3. The molecule has 0 heterocycles. The number of carbonyl (C=O) groups excluding carboxylic acids is 3. The third-order valence-corrected chi connectivity index (χ3v) is 10.3. The fourth-order valence-corrected chi connectivity index (χ4v) is 7.59. The van der Waals surface area contributed by atoms with Gasteiger partial charge in [-0.3, -0.25) is 14.4 Å². The predicted molar refractivity (Wildman–Crippen MR) is 163 cm³/mol. The molecule has 0 bridgehead atoms. The molecule has 3 nitrogen and oxygen atoms in total. The smallest absolute Gasteiger partial charge is 0.185 e. The summed E-state index contributed by atoms with van der Waals surface area (Å²) in [5.74, 6) is 5.73. The summed E-state index contributed by atoms with van der Waals surface area (Å²) in [5, 5.41) is 0.748. The van der Waals surface area contributed by atoms with Gasteiger partial charge in [-0.05, 0) is 49.9 Å². The highest BCUT2D eigenvalue weighted by Gasteiger charge is 2.29. The number of unbranched alkanes of at least 4 members (excludes halogenated alkanes) is 9. The van der Waals surface area contributed by atoms with Crippen molar-refractivity contribution < 1.29 is 14.4 Å². The van der Waals surface area contributed by atoms with Crippen molar-refractivity contribution in [1.29, 1.82) is 0 Å². The lowest BCUT2D eigenvalue weighted by molar-refractivity contribution is -0.109. The predicted octanol–water partition coefficient (Wildman–Crippen LogP) is 9.71. The van der Waals surface area contributed by atoms with Crippen LogP contribution in [0.1, 0.15) is 136 Å². The minimum absolute atomic E-state index is 0.249. The Morgan fingerprint density at radius 3 is 1.33 bits per heavy atom. The van der Waals surface area contributed by atoms with Gasteiger partial charge in [-0.1, -0.05) is 119 Å². The normalized spacial score (nSPS) is 19.9. The number of hydrogen-bond donors (Lipinski definition) is 0. The SMILES string of the molecule is CC(=O)SCCCCCCC1CCC(CCCCCCSC(C)=O)C(CCCCCCSC(C)=O)C1. The number of carbonyl (C=O) groups is 3. The molecule has 0 radical (unpaired) electrons. The van der Waals surface area contributed by atoms with E-state index in [9.17, 15) is 14.4 Å². The molecule has 36 heavy (non-hydrogen) atoms. The molecule has 3 atom stereocenters.